The van der Waals surface area contributed by atoms with Gasteiger partial charge in [-0.3, -0.25) is 5.32 Å². The second-order valence-electron chi connectivity index (χ2n) is 4.44. The first-order valence-electron chi connectivity index (χ1n) is 5.13. The topological polar surface area (TPSA) is 51.2 Å². The lowest BCUT2D eigenvalue weighted by Crippen LogP contribution is -2.27. The summed E-state index contributed by atoms with van der Waals surface area (Å²) >= 11 is 13.2. The van der Waals surface area contributed by atoms with Gasteiger partial charge in [-0.1, -0.05) is 23.2 Å². The lowest BCUT2D eigenvalue weighted by Gasteiger charge is -2.19. The largest absolute Gasteiger partial charge is 0.444 e. The van der Waals surface area contributed by atoms with E-state index in [0.29, 0.717) is 10.8 Å². The molecule has 0 aliphatic rings. The van der Waals surface area contributed by atoms with Gasteiger partial charge in [-0.05, 0) is 33.1 Å². The third-order valence-corrected chi connectivity index (χ3v) is 3.36. The molecule has 0 saturated carbocycles. The number of thioether (sulfide) groups is 1. The van der Waals surface area contributed by atoms with E-state index in [9.17, 15) is 4.79 Å². The summed E-state index contributed by atoms with van der Waals surface area (Å²) in [7, 11) is 0. The Morgan fingerprint density at radius 3 is 2.56 bits per heavy atom. The predicted molar refractivity (Wildman–Crippen MR) is 75.9 cm³/mol. The van der Waals surface area contributed by atoms with E-state index in [0.717, 1.165) is 4.90 Å². The summed E-state index contributed by atoms with van der Waals surface area (Å²) in [6, 6.07) is 1.64. The Labute approximate surface area is 120 Å². The molecule has 0 aromatic carbocycles. The number of nitrogens with one attached hydrogen (secondary N) is 1. The number of hydrogen-bond donors (Lipinski definition) is 1. The maximum atomic E-state index is 11.6. The SMILES string of the molecule is CSc1cc(NC(=O)OC(C)(C)C)nc(Cl)c1Cl. The molecule has 7 heteroatoms. The van der Waals surface area contributed by atoms with Gasteiger partial charge in [-0.2, -0.15) is 0 Å². The van der Waals surface area contributed by atoms with Crippen LogP contribution in [-0.2, 0) is 4.74 Å². The maximum Gasteiger partial charge on any atom is 0.413 e. The number of anilines is 1. The van der Waals surface area contributed by atoms with E-state index in [-0.39, 0.29) is 5.15 Å². The maximum absolute atomic E-state index is 11.6. The minimum Gasteiger partial charge on any atom is -0.444 e. The number of carbonyl (C=O) groups is 1. The van der Waals surface area contributed by atoms with E-state index in [1.165, 1.54) is 11.8 Å². The van der Waals surface area contributed by atoms with Gasteiger partial charge in [0.1, 0.15) is 11.4 Å². The Hall–Kier alpha value is -0.650. The Morgan fingerprint density at radius 2 is 2.06 bits per heavy atom. The molecule has 0 bridgehead atoms. The van der Waals surface area contributed by atoms with Crippen LogP contribution >= 0.6 is 35.0 Å². The van der Waals surface area contributed by atoms with Crippen molar-refractivity contribution in [1.29, 1.82) is 0 Å². The van der Waals surface area contributed by atoms with Gasteiger partial charge in [-0.25, -0.2) is 9.78 Å². The zero-order chi connectivity index (χ0) is 13.9. The third-order valence-electron chi connectivity index (χ3n) is 1.73. The fraction of sp³-hybridized carbons (Fsp3) is 0.455. The van der Waals surface area contributed by atoms with Gasteiger partial charge >= 0.3 is 6.09 Å². The van der Waals surface area contributed by atoms with Crippen LogP contribution in [-0.4, -0.2) is 22.9 Å². The van der Waals surface area contributed by atoms with Gasteiger partial charge < -0.3 is 4.74 Å². The third kappa shape index (κ3) is 4.55. The highest BCUT2D eigenvalue weighted by atomic mass is 35.5. The summed E-state index contributed by atoms with van der Waals surface area (Å²) in [5.41, 5.74) is -0.567. The van der Waals surface area contributed by atoms with E-state index in [1.807, 2.05) is 6.26 Å². The number of rotatable bonds is 2. The van der Waals surface area contributed by atoms with Crippen LogP contribution < -0.4 is 5.32 Å². The molecule has 0 spiro atoms. The first-order chi connectivity index (χ1) is 8.23. The van der Waals surface area contributed by atoms with Crippen molar-refractivity contribution >= 4 is 46.9 Å². The molecule has 18 heavy (non-hydrogen) atoms. The highest BCUT2D eigenvalue weighted by Gasteiger charge is 2.17. The van der Waals surface area contributed by atoms with Crippen LogP contribution in [0.2, 0.25) is 10.2 Å². The number of ether oxygens (including phenoxy) is 1. The average Bonchev–Trinajstić information content (AvgIpc) is 2.20. The molecule has 0 fully saturated rings. The summed E-state index contributed by atoms with van der Waals surface area (Å²) in [6.07, 6.45) is 1.27. The molecule has 4 nitrogen and oxygen atoms in total. The van der Waals surface area contributed by atoms with Crippen molar-refractivity contribution in [3.05, 3.63) is 16.2 Å². The van der Waals surface area contributed by atoms with Crippen molar-refractivity contribution in [3.63, 3.8) is 0 Å². The standard InChI is InChI=1S/C11H14Cl2N2O2S/c1-11(2,3)17-10(16)15-7-5-6(18-4)8(12)9(13)14-7/h5H,1-4H3,(H,14,15,16). The molecule has 0 atom stereocenters. The second kappa shape index (κ2) is 5.99. The number of amides is 1. The Bertz CT molecular complexity index is 461. The zero-order valence-electron chi connectivity index (χ0n) is 10.5. The summed E-state index contributed by atoms with van der Waals surface area (Å²) in [4.78, 5) is 16.3. The molecule has 0 aliphatic heterocycles. The second-order valence-corrected chi connectivity index (χ2v) is 6.03. The molecule has 0 radical (unpaired) electrons. The summed E-state index contributed by atoms with van der Waals surface area (Å²) in [6.45, 7) is 5.34. The molecule has 1 aromatic heterocycles. The van der Waals surface area contributed by atoms with Gasteiger partial charge in [-0.15, -0.1) is 11.8 Å². The van der Waals surface area contributed by atoms with Crippen molar-refractivity contribution in [3.8, 4) is 0 Å². The Kier molecular flexibility index (Phi) is 5.13. The summed E-state index contributed by atoms with van der Waals surface area (Å²) < 4.78 is 5.11. The normalized spacial score (nSPS) is 11.2. The molecule has 0 unspecified atom stereocenters. The molecule has 0 aliphatic carbocycles. The summed E-state index contributed by atoms with van der Waals surface area (Å²) in [5, 5.41) is 3.03. The molecule has 0 saturated heterocycles. The molecular weight excluding hydrogens is 295 g/mol. The van der Waals surface area contributed by atoms with Crippen LogP contribution in [0.15, 0.2) is 11.0 Å². The number of hydrogen-bond acceptors (Lipinski definition) is 4. The van der Waals surface area contributed by atoms with Crippen LogP contribution in [0.5, 0.6) is 0 Å². The zero-order valence-corrected chi connectivity index (χ0v) is 12.8. The smallest absolute Gasteiger partial charge is 0.413 e. The van der Waals surface area contributed by atoms with Gasteiger partial charge in [0, 0.05) is 4.90 Å². The van der Waals surface area contributed by atoms with E-state index in [4.69, 9.17) is 27.9 Å². The Balaban J connectivity index is 2.86. The minimum atomic E-state index is -0.583. The van der Waals surface area contributed by atoms with Crippen LogP contribution in [0, 0.1) is 0 Å². The van der Waals surface area contributed by atoms with Crippen molar-refractivity contribution in [2.75, 3.05) is 11.6 Å². The quantitative estimate of drug-likeness (QED) is 0.647. The predicted octanol–water partition coefficient (Wildman–Crippen LogP) is 4.46. The lowest BCUT2D eigenvalue weighted by atomic mass is 10.2. The molecule has 1 amide bonds. The average molecular weight is 309 g/mol. The van der Waals surface area contributed by atoms with Gasteiger partial charge in [0.05, 0.1) is 5.02 Å². The molecule has 1 N–H and O–H groups in total. The number of carbonyl (C=O) groups excluding carboxylic acids is 1. The minimum absolute atomic E-state index is 0.148. The van der Waals surface area contributed by atoms with E-state index >= 15 is 0 Å². The number of halogens is 2. The van der Waals surface area contributed by atoms with Crippen molar-refractivity contribution < 1.29 is 9.53 Å². The van der Waals surface area contributed by atoms with E-state index < -0.39 is 11.7 Å². The molecule has 1 heterocycles. The highest BCUT2D eigenvalue weighted by Crippen LogP contribution is 2.32. The monoisotopic (exact) mass is 308 g/mol. The molecular formula is C11H14Cl2N2O2S. The van der Waals surface area contributed by atoms with Crippen molar-refractivity contribution in [1.82, 2.24) is 4.98 Å². The van der Waals surface area contributed by atoms with Crippen LogP contribution in [0.1, 0.15) is 20.8 Å². The Morgan fingerprint density at radius 1 is 1.44 bits per heavy atom. The summed E-state index contributed by atoms with van der Waals surface area (Å²) in [5.74, 6) is 0.308. The number of pyridine rings is 1. The van der Waals surface area contributed by atoms with Crippen LogP contribution in [0.3, 0.4) is 0 Å². The lowest BCUT2D eigenvalue weighted by molar-refractivity contribution is 0.0635. The fourth-order valence-corrected chi connectivity index (χ4v) is 2.18. The van der Waals surface area contributed by atoms with Gasteiger partial charge in [0.25, 0.3) is 0 Å². The molecule has 100 valence electrons. The molecule has 1 rings (SSSR count). The van der Waals surface area contributed by atoms with E-state index in [1.54, 1.807) is 26.8 Å². The van der Waals surface area contributed by atoms with Crippen molar-refractivity contribution in [2.24, 2.45) is 0 Å². The fourth-order valence-electron chi connectivity index (χ4n) is 1.10. The first-order valence-corrected chi connectivity index (χ1v) is 7.11. The van der Waals surface area contributed by atoms with E-state index in [2.05, 4.69) is 10.3 Å². The first kappa shape index (κ1) is 15.4. The van der Waals surface area contributed by atoms with Crippen molar-refractivity contribution in [2.45, 2.75) is 31.3 Å². The highest BCUT2D eigenvalue weighted by molar-refractivity contribution is 7.98. The van der Waals surface area contributed by atoms with Gasteiger partial charge in [0.15, 0.2) is 5.15 Å². The molecule has 1 aromatic rings. The number of aromatic nitrogens is 1. The van der Waals surface area contributed by atoms with Crippen LogP contribution in [0.25, 0.3) is 0 Å². The van der Waals surface area contributed by atoms with Gasteiger partial charge in [0.2, 0.25) is 0 Å². The number of nitrogens with zero attached hydrogens (tertiary/aromatic N) is 1. The van der Waals surface area contributed by atoms with Crippen LogP contribution in [0.4, 0.5) is 10.6 Å².